The topological polar surface area (TPSA) is 64.0 Å². The number of nitrogens with zero attached hydrogens (tertiary/aromatic N) is 2. The molecule has 1 heterocycles. The lowest BCUT2D eigenvalue weighted by molar-refractivity contribution is -0.116. The molecule has 0 unspecified atom stereocenters. The van der Waals surface area contributed by atoms with Gasteiger partial charge < -0.3 is 5.32 Å². The molecule has 5 nitrogen and oxygen atoms in total. The van der Waals surface area contributed by atoms with E-state index in [1.165, 1.54) is 23.5 Å². The van der Waals surface area contributed by atoms with E-state index < -0.39 is 0 Å². The van der Waals surface area contributed by atoms with Gasteiger partial charge in [0.1, 0.15) is 0 Å². The summed E-state index contributed by atoms with van der Waals surface area (Å²) in [5.41, 5.74) is 1.62. The highest BCUT2D eigenvalue weighted by atomic mass is 35.5. The Balaban J connectivity index is 1.50. The summed E-state index contributed by atoms with van der Waals surface area (Å²) in [4.78, 5) is 28.5. The molecule has 1 saturated carbocycles. The van der Waals surface area contributed by atoms with Gasteiger partial charge in [-0.25, -0.2) is 4.98 Å². The number of nitrogens with one attached hydrogen (secondary N) is 1. The van der Waals surface area contributed by atoms with E-state index in [1.807, 2.05) is 18.2 Å². The van der Waals surface area contributed by atoms with Gasteiger partial charge in [0.2, 0.25) is 5.91 Å². The van der Waals surface area contributed by atoms with E-state index in [0.29, 0.717) is 24.0 Å². The second-order valence-electron chi connectivity index (χ2n) is 6.47. The van der Waals surface area contributed by atoms with Gasteiger partial charge in [-0.3, -0.25) is 14.2 Å². The Kier molecular flexibility index (Phi) is 6.23. The maximum absolute atomic E-state index is 12.2. The normalized spacial score (nSPS) is 14.8. The molecule has 2 aromatic rings. The lowest BCUT2D eigenvalue weighted by Crippen LogP contribution is -2.30. The number of rotatable bonds is 6. The van der Waals surface area contributed by atoms with Crippen molar-refractivity contribution in [3.05, 3.63) is 69.4 Å². The average Bonchev–Trinajstić information content (AvgIpc) is 3.17. The van der Waals surface area contributed by atoms with Crippen LogP contribution < -0.4 is 10.9 Å². The maximum Gasteiger partial charge on any atom is 0.253 e. The third kappa shape index (κ3) is 4.82. The molecule has 6 heteroatoms. The van der Waals surface area contributed by atoms with Crippen LogP contribution in [0.3, 0.4) is 0 Å². The van der Waals surface area contributed by atoms with Crippen molar-refractivity contribution in [1.29, 1.82) is 0 Å². The number of carbonyl (C=O) groups excluding carboxylic acids is 1. The summed E-state index contributed by atoms with van der Waals surface area (Å²) in [5, 5.41) is 3.36. The van der Waals surface area contributed by atoms with Crippen molar-refractivity contribution in [1.82, 2.24) is 14.9 Å². The number of hydrogen-bond acceptors (Lipinski definition) is 3. The Morgan fingerprint density at radius 3 is 2.81 bits per heavy atom. The number of aromatic nitrogens is 2. The lowest BCUT2D eigenvalue weighted by Gasteiger charge is -2.10. The zero-order valence-corrected chi connectivity index (χ0v) is 15.3. The molecular weight excluding hydrogens is 350 g/mol. The molecule has 26 heavy (non-hydrogen) atoms. The van der Waals surface area contributed by atoms with Crippen LogP contribution in [0.2, 0.25) is 5.02 Å². The van der Waals surface area contributed by atoms with Crippen LogP contribution in [0.1, 0.15) is 42.9 Å². The predicted molar refractivity (Wildman–Crippen MR) is 103 cm³/mol. The van der Waals surface area contributed by atoms with E-state index in [4.69, 9.17) is 11.6 Å². The Morgan fingerprint density at radius 2 is 2.08 bits per heavy atom. The van der Waals surface area contributed by atoms with Gasteiger partial charge in [-0.2, -0.15) is 0 Å². The summed E-state index contributed by atoms with van der Waals surface area (Å²) < 4.78 is 1.52. The van der Waals surface area contributed by atoms with Crippen LogP contribution in [0.5, 0.6) is 0 Å². The quantitative estimate of drug-likeness (QED) is 0.791. The van der Waals surface area contributed by atoms with Crippen LogP contribution in [0.15, 0.2) is 47.5 Å². The summed E-state index contributed by atoms with van der Waals surface area (Å²) in [5.74, 6) is 0.195. The van der Waals surface area contributed by atoms with Crippen LogP contribution >= 0.6 is 11.6 Å². The molecule has 1 aliphatic rings. The van der Waals surface area contributed by atoms with Crippen molar-refractivity contribution >= 4 is 23.6 Å². The van der Waals surface area contributed by atoms with Gasteiger partial charge in [-0.05, 0) is 30.5 Å². The summed E-state index contributed by atoms with van der Waals surface area (Å²) in [6.07, 6.45) is 9.34. The Hall–Kier alpha value is -2.40. The fraction of sp³-hybridized carbons (Fsp3) is 0.350. The number of benzene rings is 1. The minimum atomic E-state index is -0.228. The fourth-order valence-corrected chi connectivity index (χ4v) is 3.39. The molecule has 0 radical (unpaired) electrons. The van der Waals surface area contributed by atoms with Crippen molar-refractivity contribution in [2.45, 2.75) is 38.1 Å². The van der Waals surface area contributed by atoms with Crippen LogP contribution in [0, 0.1) is 0 Å². The van der Waals surface area contributed by atoms with Crippen molar-refractivity contribution in [3.8, 4) is 0 Å². The lowest BCUT2D eigenvalue weighted by atomic mass is 10.0. The first-order chi connectivity index (χ1) is 12.6. The van der Waals surface area contributed by atoms with Gasteiger partial charge in [0.25, 0.3) is 5.56 Å². The maximum atomic E-state index is 12.2. The van der Waals surface area contributed by atoms with Gasteiger partial charge in [0.05, 0.1) is 12.0 Å². The first-order valence-electron chi connectivity index (χ1n) is 8.90. The van der Waals surface area contributed by atoms with Gasteiger partial charge in [0, 0.05) is 36.2 Å². The van der Waals surface area contributed by atoms with E-state index in [0.717, 1.165) is 24.1 Å². The molecule has 136 valence electrons. The zero-order chi connectivity index (χ0) is 18.4. The van der Waals surface area contributed by atoms with Gasteiger partial charge >= 0.3 is 0 Å². The van der Waals surface area contributed by atoms with Crippen molar-refractivity contribution < 1.29 is 4.79 Å². The van der Waals surface area contributed by atoms with Crippen LogP contribution in [0.4, 0.5) is 0 Å². The number of hydrogen-bond donors (Lipinski definition) is 1. The molecule has 0 saturated heterocycles. The van der Waals surface area contributed by atoms with Gasteiger partial charge in [0.15, 0.2) is 0 Å². The molecule has 1 aromatic heterocycles. The van der Waals surface area contributed by atoms with E-state index in [1.54, 1.807) is 24.5 Å². The van der Waals surface area contributed by atoms with E-state index in [9.17, 15) is 9.59 Å². The number of amides is 1. The van der Waals surface area contributed by atoms with Gasteiger partial charge in [-0.15, -0.1) is 0 Å². The molecule has 1 amide bonds. The highest BCUT2D eigenvalue weighted by Gasteiger charge is 2.18. The van der Waals surface area contributed by atoms with Crippen LogP contribution in [-0.2, 0) is 11.3 Å². The second kappa shape index (κ2) is 8.81. The molecule has 3 rings (SSSR count). The Labute approximate surface area is 157 Å². The largest absolute Gasteiger partial charge is 0.351 e. The van der Waals surface area contributed by atoms with Gasteiger partial charge in [-0.1, -0.05) is 42.6 Å². The van der Waals surface area contributed by atoms with Crippen molar-refractivity contribution in [2.24, 2.45) is 0 Å². The zero-order valence-electron chi connectivity index (χ0n) is 14.5. The molecule has 1 aliphatic carbocycles. The van der Waals surface area contributed by atoms with Crippen molar-refractivity contribution in [3.63, 3.8) is 0 Å². The van der Waals surface area contributed by atoms with Crippen LogP contribution in [0.25, 0.3) is 6.08 Å². The molecule has 1 aromatic carbocycles. The summed E-state index contributed by atoms with van der Waals surface area (Å²) >= 11 is 6.04. The summed E-state index contributed by atoms with van der Waals surface area (Å²) in [6, 6.07) is 8.94. The highest BCUT2D eigenvalue weighted by molar-refractivity contribution is 6.32. The molecule has 0 bridgehead atoms. The minimum Gasteiger partial charge on any atom is -0.351 e. The molecule has 1 fully saturated rings. The third-order valence-electron chi connectivity index (χ3n) is 4.65. The standard InChI is InChI=1S/C20H22ClN3O2/c21-17-8-4-3-5-15(17)9-10-19(25)22-11-12-24-14-23-18(13-20(24)26)16-6-1-2-7-16/h3-5,8-10,13-14,16H,1-2,6-7,11-12H2,(H,22,25)/b10-9+. The average molecular weight is 372 g/mol. The molecule has 0 aliphatic heterocycles. The van der Waals surface area contributed by atoms with E-state index >= 15 is 0 Å². The monoisotopic (exact) mass is 371 g/mol. The number of carbonyl (C=O) groups is 1. The Morgan fingerprint density at radius 1 is 1.31 bits per heavy atom. The fourth-order valence-electron chi connectivity index (χ4n) is 3.19. The van der Waals surface area contributed by atoms with E-state index in [-0.39, 0.29) is 11.5 Å². The highest BCUT2D eigenvalue weighted by Crippen LogP contribution is 2.32. The molecular formula is C20H22ClN3O2. The van der Waals surface area contributed by atoms with E-state index in [2.05, 4.69) is 10.3 Å². The predicted octanol–water partition coefficient (Wildman–Crippen LogP) is 3.38. The van der Waals surface area contributed by atoms with Crippen LogP contribution in [-0.4, -0.2) is 22.0 Å². The molecule has 1 N–H and O–H groups in total. The summed E-state index contributed by atoms with van der Waals surface area (Å²) in [6.45, 7) is 0.749. The SMILES string of the molecule is O=C(/C=C/c1ccccc1Cl)NCCn1cnc(C2CCCC2)cc1=O. The smallest absolute Gasteiger partial charge is 0.253 e. The first kappa shape index (κ1) is 18.4. The third-order valence-corrected chi connectivity index (χ3v) is 4.99. The number of halogens is 1. The molecule has 0 spiro atoms. The summed E-state index contributed by atoms with van der Waals surface area (Å²) in [7, 11) is 0. The van der Waals surface area contributed by atoms with Crippen molar-refractivity contribution in [2.75, 3.05) is 6.54 Å². The Bertz CT molecular complexity index is 854. The second-order valence-corrected chi connectivity index (χ2v) is 6.88. The molecule has 0 atom stereocenters. The minimum absolute atomic E-state index is 0.0669. The first-order valence-corrected chi connectivity index (χ1v) is 9.28.